The zero-order chi connectivity index (χ0) is 46.5. The highest BCUT2D eigenvalue weighted by atomic mass is 16.3. The lowest BCUT2D eigenvalue weighted by Crippen LogP contribution is -2.16. The lowest BCUT2D eigenvalue weighted by Gasteiger charge is -2.29. The first-order chi connectivity index (χ1) is 34.5. The summed E-state index contributed by atoms with van der Waals surface area (Å²) in [5.41, 5.74) is 20.7. The minimum absolute atomic E-state index is 0.152. The molecule has 0 N–H and O–H groups in total. The zero-order valence-corrected chi connectivity index (χ0v) is 38.9. The molecule has 0 saturated carbocycles. The largest absolute Gasteiger partial charge is 0.456 e. The summed E-state index contributed by atoms with van der Waals surface area (Å²) in [7, 11) is 0. The Labute approximate surface area is 406 Å². The minimum atomic E-state index is -0.152. The van der Waals surface area contributed by atoms with Crippen LogP contribution in [0.1, 0.15) is 25.0 Å². The number of fused-ring (bicyclic) bond motifs is 11. The van der Waals surface area contributed by atoms with Crippen LogP contribution in [0, 0.1) is 0 Å². The van der Waals surface area contributed by atoms with Crippen molar-refractivity contribution in [2.75, 3.05) is 4.90 Å². The molecule has 0 aliphatic heterocycles. The molecule has 2 aromatic heterocycles. The predicted molar refractivity (Wildman–Crippen MR) is 294 cm³/mol. The van der Waals surface area contributed by atoms with Crippen LogP contribution in [0.15, 0.2) is 247 Å². The van der Waals surface area contributed by atoms with Crippen LogP contribution in [-0.4, -0.2) is 4.57 Å². The van der Waals surface area contributed by atoms with Crippen LogP contribution >= 0.6 is 0 Å². The first-order valence-corrected chi connectivity index (χ1v) is 24.2. The van der Waals surface area contributed by atoms with E-state index in [9.17, 15) is 0 Å². The number of hydrogen-bond donors (Lipinski definition) is 0. The van der Waals surface area contributed by atoms with Crippen molar-refractivity contribution in [3.63, 3.8) is 0 Å². The Morgan fingerprint density at radius 2 is 0.971 bits per heavy atom. The summed E-state index contributed by atoms with van der Waals surface area (Å²) in [6.45, 7) is 4.71. The van der Waals surface area contributed by atoms with E-state index in [4.69, 9.17) is 4.42 Å². The summed E-state index contributed by atoms with van der Waals surface area (Å²) >= 11 is 0. The number of aromatic nitrogens is 1. The van der Waals surface area contributed by atoms with E-state index in [1.54, 1.807) is 0 Å². The molecule has 0 radical (unpaired) electrons. The molecule has 0 fully saturated rings. The predicted octanol–water partition coefficient (Wildman–Crippen LogP) is 18.6. The number of anilines is 3. The van der Waals surface area contributed by atoms with Gasteiger partial charge in [-0.15, -0.1) is 0 Å². The summed E-state index contributed by atoms with van der Waals surface area (Å²) in [4.78, 5) is 2.47. The number of hydrogen-bond acceptors (Lipinski definition) is 2. The maximum absolute atomic E-state index is 6.80. The first kappa shape index (κ1) is 40.2. The molecule has 0 spiro atoms. The Morgan fingerprint density at radius 3 is 1.74 bits per heavy atom. The quantitative estimate of drug-likeness (QED) is 0.159. The molecular formula is C67H46N2O. The van der Waals surface area contributed by atoms with E-state index >= 15 is 0 Å². The fourth-order valence-corrected chi connectivity index (χ4v) is 11.6. The van der Waals surface area contributed by atoms with Crippen LogP contribution in [0.2, 0.25) is 0 Å². The lowest BCUT2D eigenvalue weighted by molar-refractivity contribution is 0.660. The molecule has 1 aliphatic carbocycles. The Balaban J connectivity index is 0.960. The Bertz CT molecular complexity index is 4180. The molecule has 2 heterocycles. The van der Waals surface area contributed by atoms with Crippen molar-refractivity contribution in [1.82, 2.24) is 4.57 Å². The standard InChI is InChI=1S/C67H46N2O/c1-67(2)56-22-12-11-21-53(56)65-57(67)23-13-24-59(65)69(51-36-29-46(30-37-51)44-17-7-4-8-18-44)60-25-14-26-63-66(60)55-42-49(33-40-62(55)70-63)48-32-38-58-54(41-48)64-52-20-10-9-19-47(52)31-39-61(64)68(58)50-34-27-45(28-35-50)43-15-5-3-6-16-43/h3-42H,1-2H3. The second kappa shape index (κ2) is 15.6. The molecule has 3 heteroatoms. The molecule has 1 aliphatic rings. The monoisotopic (exact) mass is 894 g/mol. The highest BCUT2D eigenvalue weighted by Gasteiger charge is 2.38. The summed E-state index contributed by atoms with van der Waals surface area (Å²) in [6.07, 6.45) is 0. The van der Waals surface area contributed by atoms with E-state index in [1.807, 2.05) is 0 Å². The van der Waals surface area contributed by atoms with Crippen LogP contribution < -0.4 is 4.90 Å². The highest BCUT2D eigenvalue weighted by molar-refractivity contribution is 6.22. The fraction of sp³-hybridized carbons (Fsp3) is 0.0448. The van der Waals surface area contributed by atoms with Gasteiger partial charge in [-0.3, -0.25) is 0 Å². The maximum Gasteiger partial charge on any atom is 0.137 e. The van der Waals surface area contributed by atoms with E-state index in [2.05, 4.69) is 266 Å². The number of nitrogens with zero attached hydrogens (tertiary/aromatic N) is 2. The first-order valence-electron chi connectivity index (χ1n) is 24.2. The van der Waals surface area contributed by atoms with Gasteiger partial charge >= 0.3 is 0 Å². The van der Waals surface area contributed by atoms with E-state index < -0.39 is 0 Å². The fourth-order valence-electron chi connectivity index (χ4n) is 11.6. The van der Waals surface area contributed by atoms with E-state index in [0.29, 0.717) is 0 Å². The van der Waals surface area contributed by atoms with Crippen LogP contribution in [0.3, 0.4) is 0 Å². The molecule has 0 bridgehead atoms. The van der Waals surface area contributed by atoms with Crippen molar-refractivity contribution in [2.24, 2.45) is 0 Å². The molecule has 0 unspecified atom stereocenters. The maximum atomic E-state index is 6.80. The molecule has 0 atom stereocenters. The summed E-state index contributed by atoms with van der Waals surface area (Å²) in [6, 6.07) is 88.6. The van der Waals surface area contributed by atoms with Crippen molar-refractivity contribution in [1.29, 1.82) is 0 Å². The molecule has 70 heavy (non-hydrogen) atoms. The van der Waals surface area contributed by atoms with Crippen molar-refractivity contribution in [2.45, 2.75) is 19.3 Å². The van der Waals surface area contributed by atoms with Gasteiger partial charge in [0, 0.05) is 38.5 Å². The van der Waals surface area contributed by atoms with Crippen LogP contribution in [0.5, 0.6) is 0 Å². The third-order valence-electron chi connectivity index (χ3n) is 15.0. The van der Waals surface area contributed by atoms with Gasteiger partial charge in [-0.05, 0) is 134 Å². The molecular weight excluding hydrogens is 849 g/mol. The van der Waals surface area contributed by atoms with Crippen LogP contribution in [0.4, 0.5) is 17.1 Å². The van der Waals surface area contributed by atoms with Gasteiger partial charge in [0.05, 0.1) is 27.8 Å². The second-order valence-corrected chi connectivity index (χ2v) is 19.2. The van der Waals surface area contributed by atoms with Gasteiger partial charge in [-0.25, -0.2) is 0 Å². The molecule has 3 nitrogen and oxygen atoms in total. The lowest BCUT2D eigenvalue weighted by atomic mass is 9.82. The number of benzene rings is 11. The van der Waals surface area contributed by atoms with E-state index in [1.165, 1.54) is 77.1 Å². The van der Waals surface area contributed by atoms with E-state index in [0.717, 1.165) is 55.8 Å². The average molecular weight is 895 g/mol. The molecule has 11 aromatic carbocycles. The van der Waals surface area contributed by atoms with Gasteiger partial charge in [0.2, 0.25) is 0 Å². The van der Waals surface area contributed by atoms with Crippen LogP contribution in [-0.2, 0) is 5.41 Å². The van der Waals surface area contributed by atoms with Gasteiger partial charge in [-0.2, -0.15) is 0 Å². The minimum Gasteiger partial charge on any atom is -0.456 e. The number of rotatable bonds is 7. The van der Waals surface area contributed by atoms with Gasteiger partial charge in [-0.1, -0.05) is 184 Å². The Kier molecular flexibility index (Phi) is 8.93. The topological polar surface area (TPSA) is 21.3 Å². The van der Waals surface area contributed by atoms with Crippen molar-refractivity contribution >= 4 is 71.6 Å². The third kappa shape index (κ3) is 6.15. The van der Waals surface area contributed by atoms with Crippen molar-refractivity contribution < 1.29 is 4.42 Å². The molecule has 0 amide bonds. The molecule has 0 saturated heterocycles. The Morgan fingerprint density at radius 1 is 0.386 bits per heavy atom. The summed E-state index contributed by atoms with van der Waals surface area (Å²) in [5.74, 6) is 0. The highest BCUT2D eigenvalue weighted by Crippen LogP contribution is 2.55. The second-order valence-electron chi connectivity index (χ2n) is 19.2. The van der Waals surface area contributed by atoms with E-state index in [-0.39, 0.29) is 5.41 Å². The normalized spacial score (nSPS) is 12.8. The van der Waals surface area contributed by atoms with Crippen molar-refractivity contribution in [3.8, 4) is 50.2 Å². The molecule has 14 rings (SSSR count). The summed E-state index contributed by atoms with van der Waals surface area (Å²) < 4.78 is 9.23. The van der Waals surface area contributed by atoms with Gasteiger partial charge in [0.25, 0.3) is 0 Å². The average Bonchev–Trinajstić information content (AvgIpc) is 4.05. The van der Waals surface area contributed by atoms with Crippen LogP contribution in [0.25, 0.3) is 105 Å². The van der Waals surface area contributed by atoms with Gasteiger partial charge < -0.3 is 13.9 Å². The van der Waals surface area contributed by atoms with Gasteiger partial charge in [0.1, 0.15) is 11.2 Å². The van der Waals surface area contributed by atoms with Crippen molar-refractivity contribution in [3.05, 3.63) is 254 Å². The Hall–Kier alpha value is -8.92. The molecule has 330 valence electrons. The summed E-state index contributed by atoms with van der Waals surface area (Å²) in [5, 5.41) is 7.12. The molecule has 13 aromatic rings. The smallest absolute Gasteiger partial charge is 0.137 e. The third-order valence-corrected chi connectivity index (χ3v) is 15.0. The zero-order valence-electron chi connectivity index (χ0n) is 38.9. The number of furan rings is 1. The van der Waals surface area contributed by atoms with Gasteiger partial charge in [0.15, 0.2) is 0 Å². The SMILES string of the molecule is CC1(C)c2ccccc2-c2c(N(c3ccc(-c4ccccc4)cc3)c3cccc4oc5ccc(-c6ccc7c(c6)c6c8ccccc8ccc6n7-c6ccc(-c7ccccc7)cc6)cc5c34)cccc21.